The van der Waals surface area contributed by atoms with Gasteiger partial charge in [0.15, 0.2) is 0 Å². The zero-order valence-electron chi connectivity index (χ0n) is 20.5. The molecule has 1 aromatic carbocycles. The largest absolute Gasteiger partial charge is 0.444 e. The SMILES string of the molecule is CC(C)(C)OC(=O)N1CCC(CCS(=O)(=O)NC(=O)Nc2c3c(cc4c2CCC4)CCC3)CC1. The van der Waals surface area contributed by atoms with Gasteiger partial charge >= 0.3 is 12.1 Å². The number of urea groups is 1. The quantitative estimate of drug-likeness (QED) is 0.644. The van der Waals surface area contributed by atoms with E-state index in [0.717, 1.165) is 57.1 Å². The summed E-state index contributed by atoms with van der Waals surface area (Å²) in [5.74, 6) is 0.0849. The Balaban J connectivity index is 1.27. The number of fused-ring (bicyclic) bond motifs is 2. The van der Waals surface area contributed by atoms with E-state index in [0.29, 0.717) is 19.5 Å². The lowest BCUT2D eigenvalue weighted by Crippen LogP contribution is -2.42. The third kappa shape index (κ3) is 6.03. The Morgan fingerprint density at radius 3 is 2.18 bits per heavy atom. The Labute approximate surface area is 202 Å². The molecule has 0 bridgehead atoms. The maximum Gasteiger partial charge on any atom is 0.410 e. The van der Waals surface area contributed by atoms with Crippen molar-refractivity contribution in [3.63, 3.8) is 0 Å². The van der Waals surface area contributed by atoms with Gasteiger partial charge in [-0.15, -0.1) is 0 Å². The van der Waals surface area contributed by atoms with Crippen molar-refractivity contribution in [2.24, 2.45) is 5.92 Å². The van der Waals surface area contributed by atoms with E-state index < -0.39 is 21.7 Å². The second-order valence-electron chi connectivity index (χ2n) is 10.8. The normalized spacial score (nSPS) is 18.4. The summed E-state index contributed by atoms with van der Waals surface area (Å²) in [6.45, 7) is 6.62. The van der Waals surface area contributed by atoms with Crippen LogP contribution in [0.3, 0.4) is 0 Å². The van der Waals surface area contributed by atoms with Crippen molar-refractivity contribution in [3.8, 4) is 0 Å². The topological polar surface area (TPSA) is 105 Å². The Bertz CT molecular complexity index is 1020. The molecule has 2 aliphatic carbocycles. The van der Waals surface area contributed by atoms with Gasteiger partial charge in [0, 0.05) is 18.8 Å². The van der Waals surface area contributed by atoms with Crippen molar-refractivity contribution in [2.45, 2.75) is 84.2 Å². The number of ether oxygens (including phenoxy) is 1. The average Bonchev–Trinajstić information content (AvgIpc) is 3.40. The fourth-order valence-electron chi connectivity index (χ4n) is 5.35. The van der Waals surface area contributed by atoms with E-state index in [4.69, 9.17) is 4.74 Å². The first-order valence-corrected chi connectivity index (χ1v) is 14.1. The molecule has 3 aliphatic rings. The minimum absolute atomic E-state index is 0.109. The van der Waals surface area contributed by atoms with Crippen LogP contribution in [0.5, 0.6) is 0 Å². The van der Waals surface area contributed by atoms with Crippen LogP contribution in [0.15, 0.2) is 6.07 Å². The zero-order valence-corrected chi connectivity index (χ0v) is 21.4. The van der Waals surface area contributed by atoms with Crippen LogP contribution in [0, 0.1) is 5.92 Å². The lowest BCUT2D eigenvalue weighted by Gasteiger charge is -2.33. The number of rotatable bonds is 5. The summed E-state index contributed by atoms with van der Waals surface area (Å²) in [4.78, 5) is 26.5. The Morgan fingerprint density at radius 1 is 1.03 bits per heavy atom. The molecule has 1 fully saturated rings. The molecular formula is C25H37N3O5S. The fraction of sp³-hybridized carbons (Fsp3) is 0.680. The molecule has 9 heteroatoms. The Morgan fingerprint density at radius 2 is 1.62 bits per heavy atom. The minimum Gasteiger partial charge on any atom is -0.444 e. The molecule has 1 aromatic rings. The van der Waals surface area contributed by atoms with Crippen molar-refractivity contribution in [2.75, 3.05) is 24.2 Å². The summed E-state index contributed by atoms with van der Waals surface area (Å²) in [7, 11) is -3.75. The molecule has 8 nitrogen and oxygen atoms in total. The zero-order chi connectivity index (χ0) is 24.5. The molecule has 0 radical (unpaired) electrons. The summed E-state index contributed by atoms with van der Waals surface area (Å²) in [5, 5.41) is 2.89. The number of carbonyl (C=O) groups excluding carboxylic acids is 2. The molecule has 1 aliphatic heterocycles. The lowest BCUT2D eigenvalue weighted by atomic mass is 9.95. The number of aryl methyl sites for hydroxylation is 2. The second kappa shape index (κ2) is 9.76. The van der Waals surface area contributed by atoms with Crippen molar-refractivity contribution in [3.05, 3.63) is 28.3 Å². The van der Waals surface area contributed by atoms with Gasteiger partial charge < -0.3 is 15.0 Å². The number of carbonyl (C=O) groups is 2. The van der Waals surface area contributed by atoms with Crippen LogP contribution in [-0.2, 0) is 40.4 Å². The molecule has 2 N–H and O–H groups in total. The van der Waals surface area contributed by atoms with E-state index in [1.165, 1.54) is 22.3 Å². The molecule has 0 atom stereocenters. The van der Waals surface area contributed by atoms with Crippen molar-refractivity contribution < 1.29 is 22.7 Å². The van der Waals surface area contributed by atoms with Crippen LogP contribution in [0.2, 0.25) is 0 Å². The van der Waals surface area contributed by atoms with E-state index in [1.54, 1.807) is 4.90 Å². The molecule has 0 aromatic heterocycles. The van der Waals surface area contributed by atoms with Crippen molar-refractivity contribution in [1.29, 1.82) is 0 Å². The molecule has 0 unspecified atom stereocenters. The van der Waals surface area contributed by atoms with Gasteiger partial charge in [0.25, 0.3) is 0 Å². The van der Waals surface area contributed by atoms with E-state index in [1.807, 2.05) is 20.8 Å². The predicted octanol–water partition coefficient (Wildman–Crippen LogP) is 4.15. The highest BCUT2D eigenvalue weighted by atomic mass is 32.2. The van der Waals surface area contributed by atoms with Gasteiger partial charge in [-0.2, -0.15) is 0 Å². The smallest absolute Gasteiger partial charge is 0.410 e. The first-order chi connectivity index (χ1) is 16.0. The molecule has 34 heavy (non-hydrogen) atoms. The number of nitrogens with one attached hydrogen (secondary N) is 2. The van der Waals surface area contributed by atoms with Gasteiger partial charge in [-0.1, -0.05) is 6.07 Å². The number of benzene rings is 1. The van der Waals surface area contributed by atoms with Gasteiger partial charge in [-0.3, -0.25) is 0 Å². The molecule has 0 saturated carbocycles. The third-order valence-electron chi connectivity index (χ3n) is 7.02. The van der Waals surface area contributed by atoms with Gasteiger partial charge in [-0.25, -0.2) is 22.7 Å². The van der Waals surface area contributed by atoms with Gasteiger partial charge in [0.05, 0.1) is 5.75 Å². The summed E-state index contributed by atoms with van der Waals surface area (Å²) >= 11 is 0. The summed E-state index contributed by atoms with van der Waals surface area (Å²) in [6.07, 6.45) is 7.61. The predicted molar refractivity (Wildman–Crippen MR) is 132 cm³/mol. The highest BCUT2D eigenvalue weighted by molar-refractivity contribution is 7.90. The highest BCUT2D eigenvalue weighted by Gasteiger charge is 2.29. The number of sulfonamides is 1. The number of piperidine rings is 1. The van der Waals surface area contributed by atoms with Gasteiger partial charge in [0.1, 0.15) is 5.60 Å². The van der Waals surface area contributed by atoms with Crippen LogP contribution in [0.1, 0.15) is 75.1 Å². The number of hydrogen-bond donors (Lipinski definition) is 2. The average molecular weight is 492 g/mol. The van der Waals surface area contributed by atoms with Crippen molar-refractivity contribution in [1.82, 2.24) is 9.62 Å². The number of likely N-dealkylation sites (tertiary alicyclic amines) is 1. The highest BCUT2D eigenvalue weighted by Crippen LogP contribution is 2.38. The Kier molecular flexibility index (Phi) is 7.12. The fourth-order valence-corrected chi connectivity index (χ4v) is 6.43. The van der Waals surface area contributed by atoms with Crippen LogP contribution in [-0.4, -0.2) is 49.9 Å². The molecule has 1 heterocycles. The van der Waals surface area contributed by atoms with E-state index in [9.17, 15) is 18.0 Å². The molecule has 188 valence electrons. The first kappa shape index (κ1) is 24.8. The molecule has 0 spiro atoms. The molecular weight excluding hydrogens is 454 g/mol. The van der Waals surface area contributed by atoms with Crippen LogP contribution < -0.4 is 10.0 Å². The number of anilines is 1. The lowest BCUT2D eigenvalue weighted by molar-refractivity contribution is 0.0183. The van der Waals surface area contributed by atoms with Crippen LogP contribution in [0.4, 0.5) is 15.3 Å². The molecule has 1 saturated heterocycles. The van der Waals surface area contributed by atoms with Crippen molar-refractivity contribution >= 4 is 27.8 Å². The summed E-state index contributed by atoms with van der Waals surface area (Å²) in [6, 6.07) is 1.60. The number of amides is 3. The minimum atomic E-state index is -3.75. The molecule has 3 amide bonds. The van der Waals surface area contributed by atoms with E-state index >= 15 is 0 Å². The van der Waals surface area contributed by atoms with E-state index in [-0.39, 0.29) is 17.8 Å². The first-order valence-electron chi connectivity index (χ1n) is 12.5. The van der Waals surface area contributed by atoms with E-state index in [2.05, 4.69) is 16.1 Å². The van der Waals surface area contributed by atoms with Crippen LogP contribution >= 0.6 is 0 Å². The monoisotopic (exact) mass is 491 g/mol. The third-order valence-corrected chi connectivity index (χ3v) is 8.29. The summed E-state index contributed by atoms with van der Waals surface area (Å²) < 4.78 is 32.9. The maximum absolute atomic E-state index is 12.7. The van der Waals surface area contributed by atoms with Crippen LogP contribution in [0.25, 0.3) is 0 Å². The standard InChI is InChI=1S/C25H37N3O5S/c1-25(2,3)33-24(30)28-13-10-17(11-14-28)12-15-34(31,32)27-23(29)26-22-20-8-4-6-18(20)16-19-7-5-9-21(19)22/h16-17H,4-15H2,1-3H3,(H2,26,27,29). The Hall–Kier alpha value is -2.29. The summed E-state index contributed by atoms with van der Waals surface area (Å²) in [5.41, 5.74) is 5.22. The number of nitrogens with zero attached hydrogens (tertiary/aromatic N) is 1. The second-order valence-corrected chi connectivity index (χ2v) is 12.7. The maximum atomic E-state index is 12.7. The van der Waals surface area contributed by atoms with Gasteiger partial charge in [0.2, 0.25) is 10.0 Å². The van der Waals surface area contributed by atoms with Gasteiger partial charge in [-0.05, 0) is 107 Å². The number of hydrogen-bond acceptors (Lipinski definition) is 5. The molecule has 4 rings (SSSR count).